The van der Waals surface area contributed by atoms with Gasteiger partial charge in [0.05, 0.1) is 28.6 Å². The zero-order valence-corrected chi connectivity index (χ0v) is 18.3. The zero-order valence-electron chi connectivity index (χ0n) is 18.3. The van der Waals surface area contributed by atoms with Crippen LogP contribution in [0.3, 0.4) is 0 Å². The van der Waals surface area contributed by atoms with Gasteiger partial charge in [-0.3, -0.25) is 14.0 Å². The highest BCUT2D eigenvalue weighted by Crippen LogP contribution is 2.44. The van der Waals surface area contributed by atoms with Gasteiger partial charge in [-0.15, -0.1) is 0 Å². The molecule has 3 heterocycles. The molecule has 3 aromatic heterocycles. The maximum absolute atomic E-state index is 13.4. The number of benzene rings is 1. The number of aliphatic hydroxyl groups is 1. The minimum absolute atomic E-state index is 0.0739. The van der Waals surface area contributed by atoms with Crippen LogP contribution in [0.1, 0.15) is 45.1 Å². The molecule has 2 fully saturated rings. The topological polar surface area (TPSA) is 123 Å². The van der Waals surface area contributed by atoms with Crippen LogP contribution in [0.15, 0.2) is 47.5 Å². The van der Waals surface area contributed by atoms with E-state index < -0.39 is 11.1 Å². The van der Waals surface area contributed by atoms with E-state index >= 15 is 0 Å². The Labute approximate surface area is 189 Å². The van der Waals surface area contributed by atoms with Crippen molar-refractivity contribution in [3.05, 3.63) is 53.1 Å². The van der Waals surface area contributed by atoms with Gasteiger partial charge in [-0.05, 0) is 62.6 Å². The van der Waals surface area contributed by atoms with E-state index in [-0.39, 0.29) is 11.6 Å². The fourth-order valence-corrected chi connectivity index (χ4v) is 5.36. The Hall–Kier alpha value is -3.70. The number of nitrogens with two attached hydrogens (primary N) is 1. The molecule has 2 aliphatic carbocycles. The summed E-state index contributed by atoms with van der Waals surface area (Å²) in [4.78, 5) is 17.7. The molecule has 0 atom stereocenters. The number of pyridine rings is 2. The first-order valence-electron chi connectivity index (χ1n) is 11.2. The Bertz CT molecular complexity index is 1530. The molecule has 3 N–H and O–H groups in total. The van der Waals surface area contributed by atoms with Gasteiger partial charge >= 0.3 is 0 Å². The second-order valence-electron chi connectivity index (χ2n) is 9.73. The third-order valence-corrected chi connectivity index (χ3v) is 7.38. The number of hydrogen-bond donors (Lipinski definition) is 2. The molecule has 0 amide bonds. The van der Waals surface area contributed by atoms with Gasteiger partial charge in [0.2, 0.25) is 0 Å². The van der Waals surface area contributed by atoms with E-state index in [1.54, 1.807) is 17.0 Å². The number of nitriles is 1. The van der Waals surface area contributed by atoms with Crippen LogP contribution in [-0.4, -0.2) is 30.0 Å². The van der Waals surface area contributed by atoms with E-state index in [4.69, 9.17) is 10.8 Å². The van der Waals surface area contributed by atoms with E-state index in [1.807, 2.05) is 41.9 Å². The molecule has 0 bridgehead atoms. The average molecular weight is 441 g/mol. The Morgan fingerprint density at radius 3 is 2.70 bits per heavy atom. The minimum Gasteiger partial charge on any atom is -0.390 e. The highest BCUT2D eigenvalue weighted by atomic mass is 16.3. The highest BCUT2D eigenvalue weighted by Gasteiger charge is 2.41. The first kappa shape index (κ1) is 19.9. The summed E-state index contributed by atoms with van der Waals surface area (Å²) < 4.78 is 3.51. The van der Waals surface area contributed by atoms with Crippen LogP contribution in [0.5, 0.6) is 0 Å². The lowest BCUT2D eigenvalue weighted by Crippen LogP contribution is -2.45. The third kappa shape index (κ3) is 2.82. The summed E-state index contributed by atoms with van der Waals surface area (Å²) >= 11 is 0. The second-order valence-corrected chi connectivity index (χ2v) is 9.73. The van der Waals surface area contributed by atoms with Crippen molar-refractivity contribution in [2.75, 3.05) is 5.73 Å². The average Bonchev–Trinajstić information content (AvgIpc) is 3.14. The Balaban J connectivity index is 1.54. The number of hydrogen-bond acceptors (Lipinski definition) is 6. The summed E-state index contributed by atoms with van der Waals surface area (Å²) in [5, 5.41) is 27.0. The molecule has 6 rings (SSSR count). The van der Waals surface area contributed by atoms with Crippen LogP contribution in [0.25, 0.3) is 32.9 Å². The normalized spacial score (nSPS) is 23.7. The van der Waals surface area contributed by atoms with E-state index in [2.05, 4.69) is 11.1 Å². The quantitative estimate of drug-likeness (QED) is 0.503. The van der Waals surface area contributed by atoms with Crippen molar-refractivity contribution < 1.29 is 5.11 Å². The predicted molar refractivity (Wildman–Crippen MR) is 125 cm³/mol. The van der Waals surface area contributed by atoms with Crippen molar-refractivity contribution in [1.82, 2.24) is 19.3 Å². The van der Waals surface area contributed by atoms with Gasteiger partial charge in [-0.2, -0.15) is 10.4 Å². The maximum Gasteiger partial charge on any atom is 0.259 e. The first-order valence-corrected chi connectivity index (χ1v) is 11.2. The molecule has 0 radical (unpaired) electrons. The molecule has 4 aromatic rings. The van der Waals surface area contributed by atoms with Crippen LogP contribution < -0.4 is 11.3 Å². The van der Waals surface area contributed by atoms with Crippen LogP contribution in [-0.2, 0) is 5.54 Å². The van der Waals surface area contributed by atoms with Crippen molar-refractivity contribution in [3.63, 3.8) is 0 Å². The molecule has 2 saturated carbocycles. The van der Waals surface area contributed by atoms with Crippen LogP contribution in [0, 0.1) is 11.3 Å². The van der Waals surface area contributed by atoms with Gasteiger partial charge in [0.1, 0.15) is 17.1 Å². The zero-order chi connectivity index (χ0) is 23.0. The summed E-state index contributed by atoms with van der Waals surface area (Å²) in [6.45, 7) is 1.83. The number of anilines is 1. The predicted octanol–water partition coefficient (Wildman–Crippen LogP) is 3.48. The van der Waals surface area contributed by atoms with Gasteiger partial charge in [-0.25, -0.2) is 4.98 Å². The molecule has 8 nitrogen and oxygen atoms in total. The fraction of sp³-hybridized carbons (Fsp3) is 0.360. The summed E-state index contributed by atoms with van der Waals surface area (Å²) in [5.74, 6) is 0.378. The van der Waals surface area contributed by atoms with E-state index in [0.29, 0.717) is 42.6 Å². The number of rotatable bonds is 3. The molecule has 0 aliphatic heterocycles. The van der Waals surface area contributed by atoms with Crippen molar-refractivity contribution in [3.8, 4) is 17.3 Å². The monoisotopic (exact) mass is 440 g/mol. The van der Waals surface area contributed by atoms with Crippen LogP contribution in [0.4, 0.5) is 5.82 Å². The van der Waals surface area contributed by atoms with E-state index in [1.165, 1.54) is 0 Å². The molecule has 0 saturated heterocycles. The molecule has 166 valence electrons. The summed E-state index contributed by atoms with van der Waals surface area (Å²) in [6, 6.07) is 11.9. The Kier molecular flexibility index (Phi) is 4.02. The standard InChI is InChI=1S/C25H24N6O2/c1-24(33)12-17(13-24)31-19-5-9-28-22(27)20(19)21(29-31)16-4-3-15-6-10-30(23(32)18(15)11-16)25(14-26)7-2-8-25/h3-6,9-11,17,33H,2,7-8,12-13H2,1H3,(H2,27,28). The minimum atomic E-state index is -0.745. The third-order valence-electron chi connectivity index (χ3n) is 7.38. The second kappa shape index (κ2) is 6.65. The summed E-state index contributed by atoms with van der Waals surface area (Å²) in [6.07, 6.45) is 6.96. The Morgan fingerprint density at radius 2 is 2.03 bits per heavy atom. The lowest BCUT2D eigenvalue weighted by atomic mass is 9.77. The number of nitrogens with zero attached hydrogens (tertiary/aromatic N) is 5. The van der Waals surface area contributed by atoms with Gasteiger partial charge < -0.3 is 10.8 Å². The molecule has 0 unspecified atom stereocenters. The number of nitrogen functional groups attached to an aromatic ring is 1. The number of fused-ring (bicyclic) bond motifs is 2. The van der Waals surface area contributed by atoms with Gasteiger partial charge in [0.15, 0.2) is 0 Å². The summed E-state index contributed by atoms with van der Waals surface area (Å²) in [5.41, 5.74) is 6.97. The van der Waals surface area contributed by atoms with Gasteiger partial charge in [-0.1, -0.05) is 12.1 Å². The van der Waals surface area contributed by atoms with Gasteiger partial charge in [0.25, 0.3) is 5.56 Å². The van der Waals surface area contributed by atoms with Crippen LogP contribution >= 0.6 is 0 Å². The molecule has 8 heteroatoms. The Morgan fingerprint density at radius 1 is 1.24 bits per heavy atom. The first-order chi connectivity index (χ1) is 15.8. The van der Waals surface area contributed by atoms with Crippen LogP contribution in [0.2, 0.25) is 0 Å². The van der Waals surface area contributed by atoms with Crippen molar-refractivity contribution in [1.29, 1.82) is 5.26 Å². The SMILES string of the molecule is CC1(O)CC(n2nc(-c3ccc4ccn(C5(C#N)CCC5)c(=O)c4c3)c3c(N)nccc32)C1. The highest BCUT2D eigenvalue weighted by molar-refractivity contribution is 6.01. The summed E-state index contributed by atoms with van der Waals surface area (Å²) in [7, 11) is 0. The fourth-order valence-electron chi connectivity index (χ4n) is 5.36. The smallest absolute Gasteiger partial charge is 0.259 e. The largest absolute Gasteiger partial charge is 0.390 e. The molecular weight excluding hydrogens is 416 g/mol. The number of aromatic nitrogens is 4. The molecule has 33 heavy (non-hydrogen) atoms. The molecular formula is C25H24N6O2. The van der Waals surface area contributed by atoms with Crippen molar-refractivity contribution >= 4 is 27.5 Å². The van der Waals surface area contributed by atoms with E-state index in [9.17, 15) is 15.2 Å². The lowest BCUT2D eigenvalue weighted by Gasteiger charge is -2.41. The van der Waals surface area contributed by atoms with Gasteiger partial charge in [0, 0.05) is 23.3 Å². The van der Waals surface area contributed by atoms with Crippen molar-refractivity contribution in [2.24, 2.45) is 0 Å². The maximum atomic E-state index is 13.4. The molecule has 0 spiro atoms. The molecule has 2 aliphatic rings. The molecule has 1 aromatic carbocycles. The van der Waals surface area contributed by atoms with Crippen molar-refractivity contribution in [2.45, 2.75) is 56.2 Å². The lowest BCUT2D eigenvalue weighted by molar-refractivity contribution is -0.0529. The van der Waals surface area contributed by atoms with E-state index in [0.717, 1.165) is 28.3 Å².